The van der Waals surface area contributed by atoms with E-state index in [-0.39, 0.29) is 5.91 Å². The summed E-state index contributed by atoms with van der Waals surface area (Å²) < 4.78 is 9.94. The number of hydrogen-bond donors (Lipinski definition) is 0. The highest BCUT2D eigenvalue weighted by molar-refractivity contribution is 6.16. The number of benzene rings is 1. The van der Waals surface area contributed by atoms with E-state index in [2.05, 4.69) is 13.8 Å². The van der Waals surface area contributed by atoms with Crippen molar-refractivity contribution in [3.05, 3.63) is 52.2 Å². The molecule has 0 atom stereocenters. The summed E-state index contributed by atoms with van der Waals surface area (Å²) >= 11 is 0. The van der Waals surface area contributed by atoms with Gasteiger partial charge in [0.25, 0.3) is 5.91 Å². The first kappa shape index (κ1) is 18.9. The molecule has 0 N–H and O–H groups in total. The molecule has 134 valence electrons. The van der Waals surface area contributed by atoms with E-state index in [9.17, 15) is 9.59 Å². The van der Waals surface area contributed by atoms with Crippen molar-refractivity contribution in [2.45, 2.75) is 26.7 Å². The second-order valence-electron chi connectivity index (χ2n) is 6.28. The smallest absolute Gasteiger partial charge is 0.340 e. The molecule has 0 aromatic heterocycles. The fourth-order valence-corrected chi connectivity index (χ4v) is 2.82. The molecule has 1 aliphatic rings. The molecular formula is C20H25NO4. The van der Waals surface area contributed by atoms with Crippen LogP contribution in [0.15, 0.2) is 41.1 Å². The monoisotopic (exact) mass is 343 g/mol. The molecule has 0 fully saturated rings. The van der Waals surface area contributed by atoms with Crippen LogP contribution in [0.2, 0.25) is 0 Å². The molecule has 1 aromatic carbocycles. The van der Waals surface area contributed by atoms with Crippen LogP contribution in [0.3, 0.4) is 0 Å². The number of methoxy groups -OCH3 is 2. The number of amides is 1. The zero-order valence-electron chi connectivity index (χ0n) is 15.5. The van der Waals surface area contributed by atoms with Gasteiger partial charge in [-0.05, 0) is 30.0 Å². The Hall–Kier alpha value is -2.40. The van der Waals surface area contributed by atoms with Crippen molar-refractivity contribution in [2.75, 3.05) is 27.4 Å². The third kappa shape index (κ3) is 3.99. The van der Waals surface area contributed by atoms with Gasteiger partial charge in [0, 0.05) is 19.4 Å². The molecular weight excluding hydrogens is 318 g/mol. The van der Waals surface area contributed by atoms with E-state index in [1.54, 1.807) is 25.0 Å². The van der Waals surface area contributed by atoms with Crippen molar-refractivity contribution in [2.24, 2.45) is 0 Å². The quantitative estimate of drug-likeness (QED) is 0.588. The van der Waals surface area contributed by atoms with Crippen LogP contribution < -0.4 is 0 Å². The van der Waals surface area contributed by atoms with Gasteiger partial charge >= 0.3 is 5.97 Å². The summed E-state index contributed by atoms with van der Waals surface area (Å²) in [4.78, 5) is 26.5. The second kappa shape index (κ2) is 8.12. The Morgan fingerprint density at radius 1 is 1.20 bits per heavy atom. The first-order valence-electron chi connectivity index (χ1n) is 8.32. The first-order chi connectivity index (χ1) is 11.9. The van der Waals surface area contributed by atoms with Gasteiger partial charge in [-0.1, -0.05) is 38.1 Å². The SMILES string of the molecule is COCCN1C(=O)C(=Cc2ccc(C(C)C)cc2)C(C(=O)OC)=C1C. The second-order valence-corrected chi connectivity index (χ2v) is 6.28. The lowest BCUT2D eigenvalue weighted by Crippen LogP contribution is -2.28. The molecule has 0 radical (unpaired) electrons. The Morgan fingerprint density at radius 2 is 1.84 bits per heavy atom. The molecule has 1 aliphatic heterocycles. The standard InChI is InChI=1S/C20H25NO4/c1-13(2)16-8-6-15(7-9-16)12-17-18(20(23)25-5)14(3)21(19(17)22)10-11-24-4/h6-9,12-13H,10-11H2,1-5H3. The van der Waals surface area contributed by atoms with E-state index < -0.39 is 5.97 Å². The van der Waals surface area contributed by atoms with Crippen molar-refractivity contribution in [3.63, 3.8) is 0 Å². The number of carbonyl (C=O) groups excluding carboxylic acids is 2. The number of esters is 1. The molecule has 1 aromatic rings. The Balaban J connectivity index is 2.42. The first-order valence-corrected chi connectivity index (χ1v) is 8.32. The zero-order valence-corrected chi connectivity index (χ0v) is 15.5. The minimum atomic E-state index is -0.504. The molecule has 5 heteroatoms. The van der Waals surface area contributed by atoms with Gasteiger partial charge in [-0.3, -0.25) is 4.79 Å². The van der Waals surface area contributed by atoms with Crippen LogP contribution in [-0.4, -0.2) is 44.1 Å². The van der Waals surface area contributed by atoms with Crippen LogP contribution in [0, 0.1) is 0 Å². The van der Waals surface area contributed by atoms with Gasteiger partial charge in [0.1, 0.15) is 0 Å². The highest BCUT2D eigenvalue weighted by Gasteiger charge is 2.36. The number of ether oxygens (including phenoxy) is 2. The number of carbonyl (C=O) groups is 2. The summed E-state index contributed by atoms with van der Waals surface area (Å²) in [6.07, 6.45) is 1.75. The predicted octanol–water partition coefficient (Wildman–Crippen LogP) is 3.13. The third-order valence-electron chi connectivity index (χ3n) is 4.33. The van der Waals surface area contributed by atoms with Crippen LogP contribution in [0.5, 0.6) is 0 Å². The van der Waals surface area contributed by atoms with Crippen LogP contribution >= 0.6 is 0 Å². The summed E-state index contributed by atoms with van der Waals surface area (Å²) in [5.74, 6) is -0.272. The fourth-order valence-electron chi connectivity index (χ4n) is 2.82. The fraction of sp³-hybridized carbons (Fsp3) is 0.400. The Labute approximate surface area is 148 Å². The summed E-state index contributed by atoms with van der Waals surface area (Å²) in [5, 5.41) is 0. The molecule has 5 nitrogen and oxygen atoms in total. The van der Waals surface area contributed by atoms with E-state index in [1.807, 2.05) is 24.3 Å². The van der Waals surface area contributed by atoms with Gasteiger partial charge in [-0.25, -0.2) is 4.79 Å². The molecule has 1 heterocycles. The predicted molar refractivity (Wildman–Crippen MR) is 96.8 cm³/mol. The number of allylic oxidation sites excluding steroid dienone is 1. The van der Waals surface area contributed by atoms with Gasteiger partial charge in [0.2, 0.25) is 0 Å². The van der Waals surface area contributed by atoms with Crippen LogP contribution in [0.25, 0.3) is 6.08 Å². The van der Waals surface area contributed by atoms with Crippen molar-refractivity contribution in [1.82, 2.24) is 4.90 Å². The molecule has 1 amide bonds. The summed E-state index contributed by atoms with van der Waals surface area (Å²) in [5.41, 5.74) is 3.37. The number of hydrogen-bond acceptors (Lipinski definition) is 4. The minimum absolute atomic E-state index is 0.206. The molecule has 25 heavy (non-hydrogen) atoms. The molecule has 2 rings (SSSR count). The highest BCUT2D eigenvalue weighted by atomic mass is 16.5. The van der Waals surface area contributed by atoms with Crippen LogP contribution in [-0.2, 0) is 19.1 Å². The lowest BCUT2D eigenvalue weighted by Gasteiger charge is -2.16. The Morgan fingerprint density at radius 3 is 2.36 bits per heavy atom. The summed E-state index contributed by atoms with van der Waals surface area (Å²) in [6.45, 7) is 6.80. The Bertz CT molecular complexity index is 714. The summed E-state index contributed by atoms with van der Waals surface area (Å²) in [7, 11) is 2.90. The maximum Gasteiger partial charge on any atom is 0.340 e. The molecule has 0 spiro atoms. The van der Waals surface area contributed by atoms with Crippen LogP contribution in [0.4, 0.5) is 0 Å². The van der Waals surface area contributed by atoms with Crippen molar-refractivity contribution in [1.29, 1.82) is 0 Å². The highest BCUT2D eigenvalue weighted by Crippen LogP contribution is 2.31. The molecule has 0 aliphatic carbocycles. The normalized spacial score (nSPS) is 16.3. The van der Waals surface area contributed by atoms with Gasteiger partial charge < -0.3 is 14.4 Å². The Kier molecular flexibility index (Phi) is 6.15. The third-order valence-corrected chi connectivity index (χ3v) is 4.33. The number of rotatable bonds is 6. The van der Waals surface area contributed by atoms with Crippen molar-refractivity contribution in [3.8, 4) is 0 Å². The minimum Gasteiger partial charge on any atom is -0.465 e. The van der Waals surface area contributed by atoms with Gasteiger partial charge in [0.15, 0.2) is 0 Å². The van der Waals surface area contributed by atoms with Crippen LogP contribution in [0.1, 0.15) is 37.8 Å². The van der Waals surface area contributed by atoms with Crippen molar-refractivity contribution >= 4 is 18.0 Å². The average Bonchev–Trinajstić information content (AvgIpc) is 2.83. The largest absolute Gasteiger partial charge is 0.465 e. The maximum atomic E-state index is 12.8. The topological polar surface area (TPSA) is 55.8 Å². The lowest BCUT2D eigenvalue weighted by atomic mass is 9.99. The lowest BCUT2D eigenvalue weighted by molar-refractivity contribution is -0.136. The maximum absolute atomic E-state index is 12.8. The molecule has 0 unspecified atom stereocenters. The zero-order chi connectivity index (χ0) is 18.6. The average molecular weight is 343 g/mol. The van der Waals surface area contributed by atoms with Crippen molar-refractivity contribution < 1.29 is 19.1 Å². The van der Waals surface area contributed by atoms with Gasteiger partial charge in [-0.2, -0.15) is 0 Å². The summed E-state index contributed by atoms with van der Waals surface area (Å²) in [6, 6.07) is 7.98. The molecule has 0 bridgehead atoms. The molecule has 0 saturated heterocycles. The van der Waals surface area contributed by atoms with Gasteiger partial charge in [-0.15, -0.1) is 0 Å². The molecule has 0 saturated carbocycles. The van der Waals surface area contributed by atoms with E-state index in [0.29, 0.717) is 35.9 Å². The van der Waals surface area contributed by atoms with E-state index in [1.165, 1.54) is 12.7 Å². The number of nitrogens with zero attached hydrogens (tertiary/aromatic N) is 1. The van der Waals surface area contributed by atoms with E-state index in [0.717, 1.165) is 5.56 Å². The van der Waals surface area contributed by atoms with E-state index in [4.69, 9.17) is 9.47 Å². The van der Waals surface area contributed by atoms with E-state index >= 15 is 0 Å². The van der Waals surface area contributed by atoms with Gasteiger partial charge in [0.05, 0.1) is 24.9 Å².